The van der Waals surface area contributed by atoms with Crippen molar-refractivity contribution in [2.75, 3.05) is 19.3 Å². The standard InChI is InChI=1S/C11H19N5O3S/c1-20(18,19)15-10-3-2-6-16(8-10)11(17)12-7-9-4-5-13-14-9/h4-5,10,15H,2-3,6-8H2,1H3,(H,12,17)(H,13,14). The molecule has 1 atom stereocenters. The molecular formula is C11H19N5O3S. The molecule has 3 N–H and O–H groups in total. The third kappa shape index (κ3) is 4.49. The molecule has 1 aromatic rings. The van der Waals surface area contributed by atoms with E-state index in [1.165, 1.54) is 0 Å². The van der Waals surface area contributed by atoms with Gasteiger partial charge in [-0.3, -0.25) is 5.10 Å². The summed E-state index contributed by atoms with van der Waals surface area (Å²) in [5, 5.41) is 9.34. The Hall–Kier alpha value is -1.61. The Bertz CT molecular complexity index is 542. The van der Waals surface area contributed by atoms with Crippen LogP contribution in [0.2, 0.25) is 0 Å². The zero-order valence-corrected chi connectivity index (χ0v) is 12.1. The highest BCUT2D eigenvalue weighted by Gasteiger charge is 2.25. The molecule has 1 aliphatic rings. The summed E-state index contributed by atoms with van der Waals surface area (Å²) < 4.78 is 25.0. The number of hydrogen-bond donors (Lipinski definition) is 3. The summed E-state index contributed by atoms with van der Waals surface area (Å²) in [5.74, 6) is 0. The molecule has 0 aromatic carbocycles. The first-order valence-corrected chi connectivity index (χ1v) is 8.31. The van der Waals surface area contributed by atoms with Gasteiger partial charge in [0.25, 0.3) is 0 Å². The second kappa shape index (κ2) is 6.23. The minimum Gasteiger partial charge on any atom is -0.332 e. The van der Waals surface area contributed by atoms with E-state index >= 15 is 0 Å². The van der Waals surface area contributed by atoms with Gasteiger partial charge in [0.2, 0.25) is 10.0 Å². The van der Waals surface area contributed by atoms with Crippen LogP contribution in [0.5, 0.6) is 0 Å². The number of aromatic amines is 1. The van der Waals surface area contributed by atoms with Crippen molar-refractivity contribution in [2.45, 2.75) is 25.4 Å². The van der Waals surface area contributed by atoms with Gasteiger partial charge in [-0.25, -0.2) is 17.9 Å². The van der Waals surface area contributed by atoms with E-state index in [0.29, 0.717) is 19.6 Å². The normalized spacial score (nSPS) is 19.9. The Morgan fingerprint density at radius 3 is 3.05 bits per heavy atom. The van der Waals surface area contributed by atoms with Crippen LogP contribution in [0.4, 0.5) is 4.79 Å². The molecule has 8 nitrogen and oxygen atoms in total. The predicted molar refractivity (Wildman–Crippen MR) is 73.4 cm³/mol. The summed E-state index contributed by atoms with van der Waals surface area (Å²) in [5.41, 5.74) is 0.821. The van der Waals surface area contributed by atoms with Crippen molar-refractivity contribution in [3.63, 3.8) is 0 Å². The highest BCUT2D eigenvalue weighted by atomic mass is 32.2. The van der Waals surface area contributed by atoms with Gasteiger partial charge < -0.3 is 10.2 Å². The van der Waals surface area contributed by atoms with E-state index in [1.54, 1.807) is 17.2 Å². The molecular weight excluding hydrogens is 282 g/mol. The summed E-state index contributed by atoms with van der Waals surface area (Å²) >= 11 is 0. The number of aromatic nitrogens is 2. The molecule has 1 aliphatic heterocycles. The van der Waals surface area contributed by atoms with Crippen molar-refractivity contribution in [2.24, 2.45) is 0 Å². The molecule has 2 amide bonds. The number of carbonyl (C=O) groups is 1. The van der Waals surface area contributed by atoms with Crippen molar-refractivity contribution < 1.29 is 13.2 Å². The molecule has 0 spiro atoms. The van der Waals surface area contributed by atoms with Gasteiger partial charge in [0, 0.05) is 25.3 Å². The smallest absolute Gasteiger partial charge is 0.317 e. The first-order valence-electron chi connectivity index (χ1n) is 6.42. The van der Waals surface area contributed by atoms with Crippen LogP contribution in [-0.2, 0) is 16.6 Å². The number of nitrogens with zero attached hydrogens (tertiary/aromatic N) is 2. The molecule has 0 aliphatic carbocycles. The van der Waals surface area contributed by atoms with E-state index in [0.717, 1.165) is 24.8 Å². The Balaban J connectivity index is 1.83. The Morgan fingerprint density at radius 1 is 1.60 bits per heavy atom. The highest BCUT2D eigenvalue weighted by Crippen LogP contribution is 2.11. The van der Waals surface area contributed by atoms with Gasteiger partial charge in [-0.15, -0.1) is 0 Å². The monoisotopic (exact) mass is 301 g/mol. The maximum Gasteiger partial charge on any atom is 0.317 e. The zero-order valence-electron chi connectivity index (χ0n) is 11.3. The van der Waals surface area contributed by atoms with Crippen LogP contribution in [0, 0.1) is 0 Å². The Morgan fingerprint density at radius 2 is 2.40 bits per heavy atom. The molecule has 9 heteroatoms. The molecule has 0 radical (unpaired) electrons. The number of nitrogens with one attached hydrogen (secondary N) is 3. The summed E-state index contributed by atoms with van der Waals surface area (Å²) in [6.45, 7) is 1.40. The van der Waals surface area contributed by atoms with E-state index in [9.17, 15) is 13.2 Å². The molecule has 2 heterocycles. The molecule has 1 saturated heterocycles. The fourth-order valence-electron chi connectivity index (χ4n) is 2.23. The lowest BCUT2D eigenvalue weighted by Gasteiger charge is -2.32. The van der Waals surface area contributed by atoms with Gasteiger partial charge in [0.05, 0.1) is 18.5 Å². The quantitative estimate of drug-likeness (QED) is 0.705. The van der Waals surface area contributed by atoms with Crippen molar-refractivity contribution in [3.05, 3.63) is 18.0 Å². The molecule has 2 rings (SSSR count). The summed E-state index contributed by atoms with van der Waals surface area (Å²) in [7, 11) is -3.24. The number of piperidine rings is 1. The van der Waals surface area contributed by atoms with Crippen LogP contribution in [-0.4, -0.2) is 54.9 Å². The van der Waals surface area contributed by atoms with Gasteiger partial charge >= 0.3 is 6.03 Å². The number of likely N-dealkylation sites (tertiary alicyclic amines) is 1. The largest absolute Gasteiger partial charge is 0.332 e. The predicted octanol–water partition coefficient (Wildman–Crippen LogP) is -0.367. The molecule has 0 bridgehead atoms. The van der Waals surface area contributed by atoms with Crippen LogP contribution in [0.3, 0.4) is 0 Å². The van der Waals surface area contributed by atoms with Crippen LogP contribution in [0.25, 0.3) is 0 Å². The highest BCUT2D eigenvalue weighted by molar-refractivity contribution is 7.88. The molecule has 0 saturated carbocycles. The SMILES string of the molecule is CS(=O)(=O)NC1CCCN(C(=O)NCc2ccn[nH]2)C1. The number of urea groups is 1. The summed E-state index contributed by atoms with van der Waals surface area (Å²) in [4.78, 5) is 13.6. The Kier molecular flexibility index (Phi) is 4.61. The average molecular weight is 301 g/mol. The van der Waals surface area contributed by atoms with E-state index < -0.39 is 10.0 Å². The lowest BCUT2D eigenvalue weighted by molar-refractivity contribution is 0.177. The number of hydrogen-bond acceptors (Lipinski definition) is 4. The lowest BCUT2D eigenvalue weighted by Crippen LogP contribution is -2.51. The van der Waals surface area contributed by atoms with Gasteiger partial charge in [-0.1, -0.05) is 0 Å². The summed E-state index contributed by atoms with van der Waals surface area (Å²) in [6.07, 6.45) is 4.28. The van der Waals surface area contributed by atoms with Gasteiger partial charge in [0.1, 0.15) is 0 Å². The van der Waals surface area contributed by atoms with Crippen molar-refractivity contribution >= 4 is 16.1 Å². The molecule has 1 aromatic heterocycles. The molecule has 20 heavy (non-hydrogen) atoms. The lowest BCUT2D eigenvalue weighted by atomic mass is 10.1. The van der Waals surface area contributed by atoms with Gasteiger partial charge in [-0.05, 0) is 18.9 Å². The second-order valence-electron chi connectivity index (χ2n) is 4.92. The fourth-order valence-corrected chi connectivity index (χ4v) is 3.02. The number of carbonyl (C=O) groups excluding carboxylic acids is 1. The maximum absolute atomic E-state index is 12.0. The van der Waals surface area contributed by atoms with Crippen molar-refractivity contribution in [1.82, 2.24) is 25.1 Å². The van der Waals surface area contributed by atoms with Crippen molar-refractivity contribution in [1.29, 1.82) is 0 Å². The molecule has 1 fully saturated rings. The fraction of sp³-hybridized carbons (Fsp3) is 0.636. The van der Waals surface area contributed by atoms with Crippen LogP contribution < -0.4 is 10.0 Å². The van der Waals surface area contributed by atoms with Crippen LogP contribution >= 0.6 is 0 Å². The maximum atomic E-state index is 12.0. The first kappa shape index (κ1) is 14.8. The van der Waals surface area contributed by atoms with Gasteiger partial charge in [-0.2, -0.15) is 5.10 Å². The van der Waals surface area contributed by atoms with E-state index in [-0.39, 0.29) is 12.1 Å². The third-order valence-electron chi connectivity index (χ3n) is 3.08. The number of amides is 2. The number of rotatable bonds is 4. The second-order valence-corrected chi connectivity index (χ2v) is 6.70. The molecule has 1 unspecified atom stereocenters. The van der Waals surface area contributed by atoms with E-state index in [1.807, 2.05) is 0 Å². The minimum atomic E-state index is -3.24. The third-order valence-corrected chi connectivity index (χ3v) is 3.84. The minimum absolute atomic E-state index is 0.195. The average Bonchev–Trinajstić information content (AvgIpc) is 2.87. The van der Waals surface area contributed by atoms with Crippen molar-refractivity contribution in [3.8, 4) is 0 Å². The van der Waals surface area contributed by atoms with Gasteiger partial charge in [0.15, 0.2) is 0 Å². The number of sulfonamides is 1. The zero-order chi connectivity index (χ0) is 14.6. The van der Waals surface area contributed by atoms with E-state index in [4.69, 9.17) is 0 Å². The van der Waals surface area contributed by atoms with Crippen LogP contribution in [0.15, 0.2) is 12.3 Å². The number of H-pyrrole nitrogens is 1. The topological polar surface area (TPSA) is 107 Å². The summed E-state index contributed by atoms with van der Waals surface area (Å²) in [6, 6.07) is 1.38. The first-order chi connectivity index (χ1) is 9.44. The van der Waals surface area contributed by atoms with Crippen LogP contribution in [0.1, 0.15) is 18.5 Å². The van der Waals surface area contributed by atoms with E-state index in [2.05, 4.69) is 20.2 Å². The Labute approximate surface area is 118 Å². The molecule has 112 valence electrons.